The van der Waals surface area contributed by atoms with Crippen molar-refractivity contribution in [3.05, 3.63) is 0 Å². The molecule has 1 atom stereocenters. The SMILES string of the molecule is CS(=O)(=O)N1CC[C@H](NCl)C1. The molecule has 0 aliphatic carbocycles. The van der Waals surface area contributed by atoms with E-state index < -0.39 is 10.0 Å². The molecule has 0 aromatic carbocycles. The lowest BCUT2D eigenvalue weighted by Crippen LogP contribution is -2.31. The van der Waals surface area contributed by atoms with Gasteiger partial charge in [-0.3, -0.25) is 0 Å². The Balaban J connectivity index is 2.55. The van der Waals surface area contributed by atoms with Crippen molar-refractivity contribution in [2.24, 2.45) is 0 Å². The maximum Gasteiger partial charge on any atom is 0.211 e. The Morgan fingerprint density at radius 3 is 2.55 bits per heavy atom. The van der Waals surface area contributed by atoms with E-state index in [9.17, 15) is 8.42 Å². The van der Waals surface area contributed by atoms with Crippen LogP contribution in [-0.2, 0) is 10.0 Å². The van der Waals surface area contributed by atoms with Crippen molar-refractivity contribution >= 4 is 21.8 Å². The van der Waals surface area contributed by atoms with Gasteiger partial charge < -0.3 is 0 Å². The van der Waals surface area contributed by atoms with E-state index in [-0.39, 0.29) is 6.04 Å². The van der Waals surface area contributed by atoms with Gasteiger partial charge in [-0.1, -0.05) is 0 Å². The summed E-state index contributed by atoms with van der Waals surface area (Å²) in [5.74, 6) is 0. The van der Waals surface area contributed by atoms with Crippen LogP contribution >= 0.6 is 11.8 Å². The first-order chi connectivity index (χ1) is 5.04. The summed E-state index contributed by atoms with van der Waals surface area (Å²) in [6.45, 7) is 1.06. The summed E-state index contributed by atoms with van der Waals surface area (Å²) in [5.41, 5.74) is 0. The smallest absolute Gasteiger partial charge is 0.211 e. The van der Waals surface area contributed by atoms with E-state index in [4.69, 9.17) is 11.8 Å². The van der Waals surface area contributed by atoms with Gasteiger partial charge in [0.15, 0.2) is 0 Å². The van der Waals surface area contributed by atoms with Crippen LogP contribution in [0.25, 0.3) is 0 Å². The summed E-state index contributed by atoms with van der Waals surface area (Å²) in [4.78, 5) is 2.53. The first kappa shape index (κ1) is 9.25. The van der Waals surface area contributed by atoms with Gasteiger partial charge in [-0.15, -0.1) is 0 Å². The van der Waals surface area contributed by atoms with Crippen LogP contribution in [-0.4, -0.2) is 38.1 Å². The van der Waals surface area contributed by atoms with Crippen LogP contribution in [0.5, 0.6) is 0 Å². The van der Waals surface area contributed by atoms with Crippen molar-refractivity contribution in [2.45, 2.75) is 12.5 Å². The minimum absolute atomic E-state index is 0.103. The van der Waals surface area contributed by atoms with E-state index in [0.29, 0.717) is 13.1 Å². The highest BCUT2D eigenvalue weighted by atomic mass is 35.5. The monoisotopic (exact) mass is 198 g/mol. The highest BCUT2D eigenvalue weighted by Crippen LogP contribution is 2.12. The van der Waals surface area contributed by atoms with Crippen LogP contribution in [0.15, 0.2) is 0 Å². The van der Waals surface area contributed by atoms with Crippen molar-refractivity contribution in [2.75, 3.05) is 19.3 Å². The van der Waals surface area contributed by atoms with Gasteiger partial charge >= 0.3 is 0 Å². The molecule has 0 unspecified atom stereocenters. The predicted octanol–water partition coefficient (Wildman–Crippen LogP) is -0.236. The first-order valence-electron chi connectivity index (χ1n) is 3.35. The van der Waals surface area contributed by atoms with Gasteiger partial charge in [-0.25, -0.2) is 17.6 Å². The molecule has 0 aromatic rings. The van der Waals surface area contributed by atoms with Crippen LogP contribution < -0.4 is 4.84 Å². The Labute approximate surface area is 71.7 Å². The molecule has 4 nitrogen and oxygen atoms in total. The number of halogens is 1. The number of hydrogen-bond acceptors (Lipinski definition) is 3. The average molecular weight is 199 g/mol. The van der Waals surface area contributed by atoms with E-state index in [2.05, 4.69) is 4.84 Å². The Kier molecular flexibility index (Phi) is 2.74. The van der Waals surface area contributed by atoms with Gasteiger partial charge in [0, 0.05) is 19.1 Å². The number of rotatable bonds is 2. The van der Waals surface area contributed by atoms with Crippen molar-refractivity contribution in [1.29, 1.82) is 0 Å². The number of nitrogens with one attached hydrogen (secondary N) is 1. The van der Waals surface area contributed by atoms with Gasteiger partial charge in [-0.05, 0) is 18.2 Å². The molecule has 0 spiro atoms. The minimum atomic E-state index is -3.01. The van der Waals surface area contributed by atoms with Crippen LogP contribution in [0.2, 0.25) is 0 Å². The highest BCUT2D eigenvalue weighted by Gasteiger charge is 2.27. The van der Waals surface area contributed by atoms with Crippen LogP contribution in [0.3, 0.4) is 0 Å². The first-order valence-corrected chi connectivity index (χ1v) is 5.58. The second-order valence-electron chi connectivity index (χ2n) is 2.72. The topological polar surface area (TPSA) is 49.4 Å². The lowest BCUT2D eigenvalue weighted by atomic mass is 10.3. The normalized spacial score (nSPS) is 27.6. The molecule has 11 heavy (non-hydrogen) atoms. The number of nitrogens with zero attached hydrogens (tertiary/aromatic N) is 1. The van der Waals surface area contributed by atoms with Gasteiger partial charge in [0.2, 0.25) is 10.0 Å². The third kappa shape index (κ3) is 2.30. The number of hydrogen-bond donors (Lipinski definition) is 1. The molecule has 6 heteroatoms. The molecule has 1 heterocycles. The predicted molar refractivity (Wildman–Crippen MR) is 43.8 cm³/mol. The van der Waals surface area contributed by atoms with E-state index in [0.717, 1.165) is 6.42 Å². The Morgan fingerprint density at radius 1 is 1.64 bits per heavy atom. The van der Waals surface area contributed by atoms with E-state index in [1.807, 2.05) is 0 Å². The van der Waals surface area contributed by atoms with Crippen molar-refractivity contribution in [1.82, 2.24) is 9.14 Å². The van der Waals surface area contributed by atoms with Gasteiger partial charge in [0.1, 0.15) is 0 Å². The lowest BCUT2D eigenvalue weighted by molar-refractivity contribution is 0.475. The molecular formula is C5H11ClN2O2S. The molecule has 0 saturated carbocycles. The van der Waals surface area contributed by atoms with Gasteiger partial charge in [-0.2, -0.15) is 0 Å². The molecule has 0 bridgehead atoms. The molecule has 66 valence electrons. The Morgan fingerprint density at radius 2 is 2.27 bits per heavy atom. The highest BCUT2D eigenvalue weighted by molar-refractivity contribution is 7.88. The molecule has 0 aromatic heterocycles. The Hall–Kier alpha value is 0.160. The third-order valence-electron chi connectivity index (χ3n) is 1.77. The van der Waals surface area contributed by atoms with Crippen LogP contribution in [0, 0.1) is 0 Å². The number of sulfonamides is 1. The van der Waals surface area contributed by atoms with Gasteiger partial charge in [0.05, 0.1) is 6.26 Å². The lowest BCUT2D eigenvalue weighted by Gasteiger charge is -2.11. The van der Waals surface area contributed by atoms with Crippen molar-refractivity contribution in [3.63, 3.8) is 0 Å². The Bertz CT molecular complexity index is 229. The summed E-state index contributed by atoms with van der Waals surface area (Å²) in [6, 6.07) is 0.103. The second kappa shape index (κ2) is 3.26. The molecule has 1 rings (SSSR count). The minimum Gasteiger partial charge on any atom is -0.229 e. The zero-order valence-electron chi connectivity index (χ0n) is 6.25. The maximum absolute atomic E-state index is 11.0. The molecule has 0 amide bonds. The summed E-state index contributed by atoms with van der Waals surface area (Å²) < 4.78 is 23.3. The van der Waals surface area contributed by atoms with E-state index >= 15 is 0 Å². The maximum atomic E-state index is 11.0. The summed E-state index contributed by atoms with van der Waals surface area (Å²) >= 11 is 5.35. The van der Waals surface area contributed by atoms with Crippen LogP contribution in [0.4, 0.5) is 0 Å². The van der Waals surface area contributed by atoms with Crippen molar-refractivity contribution in [3.8, 4) is 0 Å². The summed E-state index contributed by atoms with van der Waals surface area (Å²) in [7, 11) is -3.01. The second-order valence-corrected chi connectivity index (χ2v) is 4.92. The molecular weight excluding hydrogens is 188 g/mol. The fraction of sp³-hybridized carbons (Fsp3) is 1.00. The summed E-state index contributed by atoms with van der Waals surface area (Å²) in [5, 5.41) is 0. The largest absolute Gasteiger partial charge is 0.229 e. The van der Waals surface area contributed by atoms with E-state index in [1.165, 1.54) is 10.6 Å². The fourth-order valence-corrected chi connectivity index (χ4v) is 2.18. The molecule has 1 aliphatic rings. The zero-order chi connectivity index (χ0) is 8.48. The molecule has 1 N–H and O–H groups in total. The standard InChI is InChI=1S/C5H11ClN2O2S/c1-11(9,10)8-3-2-5(4-8)7-6/h5,7H,2-4H2,1H3/t5-/m0/s1. The van der Waals surface area contributed by atoms with Crippen LogP contribution in [0.1, 0.15) is 6.42 Å². The molecule has 0 radical (unpaired) electrons. The molecule has 1 aliphatic heterocycles. The molecule has 1 saturated heterocycles. The zero-order valence-corrected chi connectivity index (χ0v) is 7.82. The van der Waals surface area contributed by atoms with Gasteiger partial charge in [0.25, 0.3) is 0 Å². The fourth-order valence-electron chi connectivity index (χ4n) is 1.12. The van der Waals surface area contributed by atoms with E-state index in [1.54, 1.807) is 0 Å². The quantitative estimate of drug-likeness (QED) is 0.624. The third-order valence-corrected chi connectivity index (χ3v) is 3.35. The average Bonchev–Trinajstić information content (AvgIpc) is 2.32. The van der Waals surface area contributed by atoms with Crippen molar-refractivity contribution < 1.29 is 8.42 Å². The summed E-state index contributed by atoms with van der Waals surface area (Å²) in [6.07, 6.45) is 2.00. The molecule has 1 fully saturated rings.